The summed E-state index contributed by atoms with van der Waals surface area (Å²) in [4.78, 5) is 36.0. The van der Waals surface area contributed by atoms with Crippen molar-refractivity contribution < 1.29 is 14.4 Å². The first-order chi connectivity index (χ1) is 14.8. The lowest BCUT2D eigenvalue weighted by Crippen LogP contribution is -2.09. The number of rotatable bonds is 6. The Morgan fingerprint density at radius 2 is 1.42 bits per heavy atom. The average molecular weight is 442 g/mol. The third kappa shape index (κ3) is 12.9. The normalized spacial score (nSPS) is 13.2. The molecule has 0 spiro atoms. The van der Waals surface area contributed by atoms with Gasteiger partial charge < -0.3 is 4.79 Å². The van der Waals surface area contributed by atoms with Gasteiger partial charge in [0.05, 0.1) is 0 Å². The monoisotopic (exact) mass is 441 g/mol. The van der Waals surface area contributed by atoms with Crippen LogP contribution in [0.5, 0.6) is 0 Å². The van der Waals surface area contributed by atoms with Gasteiger partial charge in [-0.15, -0.1) is 0 Å². The summed E-state index contributed by atoms with van der Waals surface area (Å²) in [5.74, 6) is 2.11. The number of ketones is 3. The predicted molar refractivity (Wildman–Crippen MR) is 130 cm³/mol. The number of hydrogen-bond acceptors (Lipinski definition) is 5. The zero-order valence-corrected chi connectivity index (χ0v) is 19.9. The summed E-state index contributed by atoms with van der Waals surface area (Å²) < 4.78 is 0. The van der Waals surface area contributed by atoms with Gasteiger partial charge in [0.25, 0.3) is 0 Å². The highest BCUT2D eigenvalue weighted by Crippen LogP contribution is 2.26. The number of nitrogens with zero attached hydrogens (tertiary/aromatic N) is 1. The highest BCUT2D eigenvalue weighted by molar-refractivity contribution is 7.79. The van der Waals surface area contributed by atoms with Gasteiger partial charge in [-0.2, -0.15) is 12.6 Å². The van der Waals surface area contributed by atoms with Crippen molar-refractivity contribution in [2.24, 2.45) is 5.92 Å². The Labute approximate surface area is 192 Å². The smallest absolute Gasteiger partial charge is 0.159 e. The molecule has 1 aromatic carbocycles. The summed E-state index contributed by atoms with van der Waals surface area (Å²) in [6.07, 6.45) is 11.4. The van der Waals surface area contributed by atoms with Crippen molar-refractivity contribution in [3.05, 3.63) is 65.5 Å². The summed E-state index contributed by atoms with van der Waals surface area (Å²) in [5, 5.41) is 0. The molecule has 5 heteroatoms. The van der Waals surface area contributed by atoms with Crippen molar-refractivity contribution >= 4 is 30.0 Å². The maximum atomic E-state index is 10.8. The van der Waals surface area contributed by atoms with E-state index in [9.17, 15) is 14.4 Å². The SMILES string of the molecule is CC(=O)CC1CCCCC1.CC(=O)Cc1ccncc1.CC(=O)c1ccc(CS)cc1. The molecule has 1 fully saturated rings. The highest BCUT2D eigenvalue weighted by atomic mass is 32.1. The molecule has 0 bridgehead atoms. The van der Waals surface area contributed by atoms with Crippen molar-refractivity contribution in [1.29, 1.82) is 0 Å². The van der Waals surface area contributed by atoms with Crippen LogP contribution in [0.1, 0.15) is 80.8 Å². The van der Waals surface area contributed by atoms with Crippen molar-refractivity contribution in [2.45, 2.75) is 71.5 Å². The molecule has 0 amide bonds. The maximum absolute atomic E-state index is 10.8. The third-order valence-corrected chi connectivity index (χ3v) is 5.41. The van der Waals surface area contributed by atoms with Crippen molar-refractivity contribution in [2.75, 3.05) is 0 Å². The van der Waals surface area contributed by atoms with Crippen LogP contribution in [-0.4, -0.2) is 22.3 Å². The lowest BCUT2D eigenvalue weighted by atomic mass is 9.86. The molecule has 1 aliphatic carbocycles. The molecule has 3 rings (SSSR count). The summed E-state index contributed by atoms with van der Waals surface area (Å²) in [5.41, 5.74) is 2.93. The Morgan fingerprint density at radius 3 is 1.87 bits per heavy atom. The van der Waals surface area contributed by atoms with Crippen molar-refractivity contribution in [3.8, 4) is 0 Å². The van der Waals surface area contributed by atoms with E-state index in [0.717, 1.165) is 34.8 Å². The molecule has 0 N–H and O–H groups in total. The number of carbonyl (C=O) groups is 3. The quantitative estimate of drug-likeness (QED) is 0.436. The minimum atomic E-state index is 0.107. The van der Waals surface area contributed by atoms with Gasteiger partial charge >= 0.3 is 0 Å². The summed E-state index contributed by atoms with van der Waals surface area (Å²) >= 11 is 4.11. The van der Waals surface area contributed by atoms with Crippen LogP contribution in [0.2, 0.25) is 0 Å². The minimum absolute atomic E-state index is 0.107. The lowest BCUT2D eigenvalue weighted by Gasteiger charge is -2.19. The van der Waals surface area contributed by atoms with Crippen LogP contribution in [0, 0.1) is 5.92 Å². The van der Waals surface area contributed by atoms with E-state index in [0.29, 0.717) is 12.2 Å². The third-order valence-electron chi connectivity index (χ3n) is 5.05. The zero-order chi connectivity index (χ0) is 23.1. The predicted octanol–water partition coefficient (Wildman–Crippen LogP) is 6.08. The topological polar surface area (TPSA) is 64.1 Å². The molecular formula is C26H35NO3S. The first-order valence-electron chi connectivity index (χ1n) is 10.9. The number of benzene rings is 1. The van der Waals surface area contributed by atoms with E-state index in [-0.39, 0.29) is 11.6 Å². The Balaban J connectivity index is 0.000000233. The Hall–Kier alpha value is -2.27. The summed E-state index contributed by atoms with van der Waals surface area (Å²) in [7, 11) is 0. The first-order valence-corrected chi connectivity index (χ1v) is 11.5. The fourth-order valence-electron chi connectivity index (χ4n) is 3.43. The molecule has 31 heavy (non-hydrogen) atoms. The standard InChI is InChI=1S/C9H10OS.C9H16O.C8H9NO/c1-7(10)9-4-2-8(6-11)3-5-9;1-8(10)7-9-5-3-2-4-6-9;1-7(10)6-8-2-4-9-5-3-8/h2-5,11H,6H2,1H3;9H,2-7H2,1H3;2-5H,6H2,1H3. The molecular weight excluding hydrogens is 406 g/mol. The van der Waals surface area contributed by atoms with Crippen LogP contribution in [-0.2, 0) is 21.8 Å². The molecule has 168 valence electrons. The van der Waals surface area contributed by atoms with Crippen LogP contribution in [0.25, 0.3) is 0 Å². The number of pyridine rings is 1. The number of Topliss-reactive ketones (excluding diaryl/α,β-unsaturated/α-hetero) is 3. The number of thiol groups is 1. The largest absolute Gasteiger partial charge is 0.300 e. The number of hydrogen-bond donors (Lipinski definition) is 1. The van der Waals surface area contributed by atoms with Gasteiger partial charge in [0, 0.05) is 36.6 Å². The zero-order valence-electron chi connectivity index (χ0n) is 19.0. The van der Waals surface area contributed by atoms with Gasteiger partial charge in [0.15, 0.2) is 5.78 Å². The highest BCUT2D eigenvalue weighted by Gasteiger charge is 2.14. The lowest BCUT2D eigenvalue weighted by molar-refractivity contribution is -0.118. The minimum Gasteiger partial charge on any atom is -0.300 e. The molecule has 0 aliphatic heterocycles. The van der Waals surface area contributed by atoms with E-state index in [1.807, 2.05) is 36.4 Å². The van der Waals surface area contributed by atoms with E-state index in [1.165, 1.54) is 32.1 Å². The molecule has 2 aromatic rings. The molecule has 1 saturated carbocycles. The second kappa shape index (κ2) is 15.5. The first kappa shape index (κ1) is 26.8. The summed E-state index contributed by atoms with van der Waals surface area (Å²) in [6, 6.07) is 11.2. The Morgan fingerprint density at radius 1 is 0.839 bits per heavy atom. The van der Waals surface area contributed by atoms with E-state index >= 15 is 0 Å². The van der Waals surface area contributed by atoms with Crippen LogP contribution in [0.4, 0.5) is 0 Å². The molecule has 1 aliphatic rings. The number of carbonyl (C=O) groups excluding carboxylic acids is 3. The molecule has 0 radical (unpaired) electrons. The van der Waals surface area contributed by atoms with E-state index in [4.69, 9.17) is 0 Å². The molecule has 1 aromatic heterocycles. The van der Waals surface area contributed by atoms with Gasteiger partial charge in [-0.25, -0.2) is 0 Å². The van der Waals surface area contributed by atoms with Crippen molar-refractivity contribution in [1.82, 2.24) is 4.98 Å². The van der Waals surface area contributed by atoms with Crippen molar-refractivity contribution in [3.63, 3.8) is 0 Å². The average Bonchev–Trinajstić information content (AvgIpc) is 2.75. The molecule has 0 saturated heterocycles. The fourth-order valence-corrected chi connectivity index (χ4v) is 3.64. The van der Waals surface area contributed by atoms with Gasteiger partial charge in [-0.05, 0) is 49.9 Å². The Kier molecular flexibility index (Phi) is 13.4. The van der Waals surface area contributed by atoms with Crippen LogP contribution >= 0.6 is 12.6 Å². The van der Waals surface area contributed by atoms with Crippen LogP contribution < -0.4 is 0 Å². The number of aromatic nitrogens is 1. The Bertz CT molecular complexity index is 797. The van der Waals surface area contributed by atoms with E-state index in [1.54, 1.807) is 33.2 Å². The maximum Gasteiger partial charge on any atom is 0.159 e. The second-order valence-electron chi connectivity index (χ2n) is 8.06. The fraction of sp³-hybridized carbons (Fsp3) is 0.462. The molecule has 0 unspecified atom stereocenters. The van der Waals surface area contributed by atoms with Gasteiger partial charge in [0.1, 0.15) is 11.6 Å². The van der Waals surface area contributed by atoms with Crippen LogP contribution in [0.3, 0.4) is 0 Å². The molecule has 4 nitrogen and oxygen atoms in total. The van der Waals surface area contributed by atoms with Gasteiger partial charge in [-0.3, -0.25) is 14.6 Å². The van der Waals surface area contributed by atoms with Crippen LogP contribution in [0.15, 0.2) is 48.8 Å². The van der Waals surface area contributed by atoms with E-state index in [2.05, 4.69) is 17.6 Å². The van der Waals surface area contributed by atoms with Gasteiger partial charge in [-0.1, -0.05) is 56.4 Å². The summed E-state index contributed by atoms with van der Waals surface area (Å²) in [6.45, 7) is 4.85. The molecule has 0 atom stereocenters. The second-order valence-corrected chi connectivity index (χ2v) is 8.37. The van der Waals surface area contributed by atoms with E-state index < -0.39 is 0 Å². The molecule has 1 heterocycles. The van der Waals surface area contributed by atoms with Gasteiger partial charge in [0.2, 0.25) is 0 Å².